The number of phenolic OH excluding ortho intramolecular Hbond substituents is 2. The molecular formula is C63H52N6O2. The van der Waals surface area contributed by atoms with E-state index in [9.17, 15) is 10.2 Å². The molecule has 8 heteroatoms. The van der Waals surface area contributed by atoms with Crippen LogP contribution >= 0.6 is 0 Å². The van der Waals surface area contributed by atoms with Crippen molar-refractivity contribution in [2.24, 2.45) is 10.8 Å². The van der Waals surface area contributed by atoms with Crippen molar-refractivity contribution in [2.75, 3.05) is 0 Å². The van der Waals surface area contributed by atoms with Gasteiger partial charge in [0.25, 0.3) is 0 Å². The van der Waals surface area contributed by atoms with Crippen molar-refractivity contribution < 1.29 is 10.2 Å². The Labute approximate surface area is 413 Å². The Kier molecular flexibility index (Phi) is 9.85. The minimum absolute atomic E-state index is 0.0939. The van der Waals surface area contributed by atoms with Crippen LogP contribution in [0.5, 0.6) is 11.5 Å². The molecule has 0 unspecified atom stereocenters. The summed E-state index contributed by atoms with van der Waals surface area (Å²) in [5.41, 5.74) is 16.1. The van der Waals surface area contributed by atoms with E-state index in [1.165, 1.54) is 83.0 Å². The molecule has 0 amide bonds. The first-order valence-corrected chi connectivity index (χ1v) is 24.8. The lowest BCUT2D eigenvalue weighted by Gasteiger charge is -2.65. The lowest BCUT2D eigenvalue weighted by molar-refractivity contribution is -0.0628. The quantitative estimate of drug-likeness (QED) is 0.157. The molecule has 10 aromatic rings. The van der Waals surface area contributed by atoms with Crippen molar-refractivity contribution in [1.82, 2.24) is 29.5 Å². The molecular weight excluding hydrogens is 873 g/mol. The number of aromatic nitrogens is 6. The van der Waals surface area contributed by atoms with Crippen molar-refractivity contribution >= 4 is 0 Å². The highest BCUT2D eigenvalue weighted by Crippen LogP contribution is 2.74. The molecule has 3 aliphatic rings. The molecule has 2 heterocycles. The van der Waals surface area contributed by atoms with Crippen LogP contribution in [0.15, 0.2) is 194 Å². The van der Waals surface area contributed by atoms with Crippen LogP contribution in [0.2, 0.25) is 0 Å². The average Bonchev–Trinajstić information content (AvgIpc) is 4.13. The third kappa shape index (κ3) is 6.65. The monoisotopic (exact) mass is 924 g/mol. The minimum atomic E-state index is -0.152. The van der Waals surface area contributed by atoms with Gasteiger partial charge in [-0.15, -0.1) is 20.4 Å². The number of para-hydroxylation sites is 2. The first-order valence-electron chi connectivity index (χ1n) is 24.8. The second-order valence-electron chi connectivity index (χ2n) is 20.4. The van der Waals surface area contributed by atoms with E-state index in [4.69, 9.17) is 10.2 Å². The summed E-state index contributed by atoms with van der Waals surface area (Å²) in [6, 6.07) is 66.9. The summed E-state index contributed by atoms with van der Waals surface area (Å²) in [6.07, 6.45) is 7.35. The van der Waals surface area contributed by atoms with Gasteiger partial charge in [0.1, 0.15) is 11.5 Å². The number of rotatable bonds is 8. The van der Waals surface area contributed by atoms with Crippen molar-refractivity contribution in [3.63, 3.8) is 0 Å². The predicted octanol–water partition coefficient (Wildman–Crippen LogP) is 14.9. The van der Waals surface area contributed by atoms with E-state index in [2.05, 4.69) is 142 Å². The standard InChI is InChI=1S/C63H52N6O2/c1-61-35-9-37-62(2,38-10-36-61)63(61)55-39-47(41-15-19-43(20-16-41)57-64-66-59(45-23-29-51(70)30-24-45)68(57)49-11-5-3-6-12-49)27-33-53(55)54-34-28-48(40-56(54)63)42-17-21-44(22-18-42)58-65-67-60(46-25-31-52(71)32-26-46)69(58)50-13-7-4-8-14-50/h3-8,11-34,39-40,70-71H,9-10,35-38H2,1-2H3. The third-order valence-corrected chi connectivity index (χ3v) is 16.4. The van der Waals surface area contributed by atoms with Gasteiger partial charge in [-0.05, 0) is 166 Å². The van der Waals surface area contributed by atoms with Crippen LogP contribution in [-0.2, 0) is 5.41 Å². The van der Waals surface area contributed by atoms with Crippen LogP contribution in [0, 0.1) is 10.8 Å². The molecule has 2 N–H and O–H groups in total. The summed E-state index contributed by atoms with van der Waals surface area (Å²) < 4.78 is 4.19. The molecule has 1 spiro atoms. The zero-order valence-electron chi connectivity index (χ0n) is 39.8. The van der Waals surface area contributed by atoms with E-state index >= 15 is 0 Å². The zero-order chi connectivity index (χ0) is 47.9. The van der Waals surface area contributed by atoms with E-state index in [0.717, 1.165) is 45.3 Å². The largest absolute Gasteiger partial charge is 0.508 e. The Morgan fingerprint density at radius 2 is 0.648 bits per heavy atom. The van der Waals surface area contributed by atoms with Crippen molar-refractivity contribution in [3.05, 3.63) is 205 Å². The Bertz CT molecular complexity index is 3370. The smallest absolute Gasteiger partial charge is 0.168 e. The summed E-state index contributed by atoms with van der Waals surface area (Å²) in [7, 11) is 0. The summed E-state index contributed by atoms with van der Waals surface area (Å²) >= 11 is 0. The Hall–Kier alpha value is -8.36. The number of fused-ring (bicyclic) bond motifs is 3. The van der Waals surface area contributed by atoms with Gasteiger partial charge in [0.2, 0.25) is 0 Å². The van der Waals surface area contributed by atoms with Crippen LogP contribution in [0.3, 0.4) is 0 Å². The second kappa shape index (κ2) is 16.4. The summed E-state index contributed by atoms with van der Waals surface area (Å²) in [4.78, 5) is 0. The van der Waals surface area contributed by atoms with Gasteiger partial charge in [0.05, 0.1) is 0 Å². The highest BCUT2D eigenvalue weighted by Gasteiger charge is 2.66. The fraction of sp³-hybridized carbons (Fsp3) is 0.175. The molecule has 2 bridgehead atoms. The van der Waals surface area contributed by atoms with Crippen LogP contribution in [0.4, 0.5) is 0 Å². The van der Waals surface area contributed by atoms with E-state index in [-0.39, 0.29) is 27.7 Å². The number of hydrogen-bond donors (Lipinski definition) is 2. The molecule has 13 rings (SSSR count). The molecule has 0 atom stereocenters. The maximum atomic E-state index is 10.0. The van der Waals surface area contributed by atoms with E-state index in [1.807, 2.05) is 60.7 Å². The van der Waals surface area contributed by atoms with Gasteiger partial charge < -0.3 is 10.2 Å². The molecule has 71 heavy (non-hydrogen) atoms. The van der Waals surface area contributed by atoms with E-state index in [1.54, 1.807) is 24.3 Å². The third-order valence-electron chi connectivity index (χ3n) is 16.4. The van der Waals surface area contributed by atoms with Crippen LogP contribution in [0.25, 0.3) is 90.3 Å². The SMILES string of the molecule is CC12CCCC(C)(CCC1)C21c2cc(-c3ccc(-c4nnc(-c5ccc(O)cc5)n4-c4ccccc4)cc3)ccc2-c2ccc(-c3ccc(-c4nnc(-c5ccc(O)cc5)n4-c4ccccc4)cc3)cc21. The van der Waals surface area contributed by atoms with E-state index < -0.39 is 0 Å². The Morgan fingerprint density at radius 3 is 0.986 bits per heavy atom. The highest BCUT2D eigenvalue weighted by atomic mass is 16.3. The number of nitrogens with zero attached hydrogens (tertiary/aromatic N) is 6. The number of hydrogen-bond acceptors (Lipinski definition) is 6. The normalized spacial score (nSPS) is 18.6. The van der Waals surface area contributed by atoms with Crippen LogP contribution in [0.1, 0.15) is 63.5 Å². The van der Waals surface area contributed by atoms with Gasteiger partial charge in [0, 0.05) is 39.0 Å². The molecule has 0 aliphatic heterocycles. The number of benzene rings is 8. The molecule has 8 aromatic carbocycles. The molecule has 0 saturated heterocycles. The highest BCUT2D eigenvalue weighted by molar-refractivity contribution is 5.88. The topological polar surface area (TPSA) is 102 Å². The van der Waals surface area contributed by atoms with Gasteiger partial charge in [-0.25, -0.2) is 0 Å². The Morgan fingerprint density at radius 1 is 0.352 bits per heavy atom. The molecule has 8 nitrogen and oxygen atoms in total. The molecule has 3 aliphatic carbocycles. The fourth-order valence-electron chi connectivity index (χ4n) is 13.3. The van der Waals surface area contributed by atoms with Gasteiger partial charge in [-0.1, -0.05) is 136 Å². The van der Waals surface area contributed by atoms with Crippen molar-refractivity contribution in [2.45, 2.75) is 57.8 Å². The molecule has 0 radical (unpaired) electrons. The lowest BCUT2D eigenvalue weighted by atomic mass is 9.38. The second-order valence-corrected chi connectivity index (χ2v) is 20.4. The summed E-state index contributed by atoms with van der Waals surface area (Å²) in [5, 5.41) is 38.9. The van der Waals surface area contributed by atoms with Gasteiger partial charge in [-0.3, -0.25) is 9.13 Å². The van der Waals surface area contributed by atoms with E-state index in [0.29, 0.717) is 11.6 Å². The molecule has 2 fully saturated rings. The van der Waals surface area contributed by atoms with Gasteiger partial charge >= 0.3 is 0 Å². The van der Waals surface area contributed by atoms with Gasteiger partial charge in [-0.2, -0.15) is 0 Å². The molecule has 2 aromatic heterocycles. The summed E-state index contributed by atoms with van der Waals surface area (Å²) in [6.45, 7) is 5.21. The summed E-state index contributed by atoms with van der Waals surface area (Å²) in [5.74, 6) is 3.36. The maximum Gasteiger partial charge on any atom is 0.168 e. The van der Waals surface area contributed by atoms with Crippen LogP contribution < -0.4 is 0 Å². The lowest BCUT2D eigenvalue weighted by Crippen LogP contribution is -2.59. The van der Waals surface area contributed by atoms with Gasteiger partial charge in [0.15, 0.2) is 23.3 Å². The predicted molar refractivity (Wildman–Crippen MR) is 282 cm³/mol. The first-order chi connectivity index (χ1) is 34.7. The Balaban J connectivity index is 0.880. The first kappa shape index (κ1) is 42.7. The fourth-order valence-corrected chi connectivity index (χ4v) is 13.3. The number of phenols is 2. The zero-order valence-corrected chi connectivity index (χ0v) is 39.8. The maximum absolute atomic E-state index is 10.0. The molecule has 2 saturated carbocycles. The molecule has 346 valence electrons. The van der Waals surface area contributed by atoms with Crippen LogP contribution in [-0.4, -0.2) is 39.7 Å². The average molecular weight is 925 g/mol. The minimum Gasteiger partial charge on any atom is -0.508 e. The number of aromatic hydroxyl groups is 2. The van der Waals surface area contributed by atoms with Crippen molar-refractivity contribution in [1.29, 1.82) is 0 Å². The van der Waals surface area contributed by atoms with Crippen molar-refractivity contribution in [3.8, 4) is 102 Å².